The van der Waals surface area contributed by atoms with Gasteiger partial charge in [0.25, 0.3) is 20.2 Å². The molecule has 8 nitrogen and oxygen atoms in total. The smallest absolute Gasteiger partial charge is 0.282 e. The molecular weight excluding hydrogens is 404 g/mol. The van der Waals surface area contributed by atoms with Crippen LogP contribution < -0.4 is 10.4 Å². The molecule has 1 atom stereocenters. The molecule has 3 aromatic carbocycles. The molecule has 3 rings (SSSR count). The molecule has 0 heterocycles. The average Bonchev–Trinajstić information content (AvgIpc) is 2.64. The molecule has 0 saturated heterocycles. The zero-order valence-electron chi connectivity index (χ0n) is 14.8. The molecule has 0 aliphatic rings. The molecule has 148 valence electrons. The van der Waals surface area contributed by atoms with E-state index in [0.717, 1.165) is 16.8 Å². The van der Waals surface area contributed by atoms with E-state index in [1.807, 2.05) is 37.3 Å². The third kappa shape index (κ3) is 4.16. The van der Waals surface area contributed by atoms with Crippen LogP contribution in [0.2, 0.25) is 0 Å². The van der Waals surface area contributed by atoms with E-state index in [1.54, 1.807) is 0 Å². The van der Waals surface area contributed by atoms with Crippen molar-refractivity contribution < 1.29 is 31.0 Å². The number of para-hydroxylation sites is 1. The Morgan fingerprint density at radius 3 is 2.04 bits per heavy atom. The lowest BCUT2D eigenvalue weighted by Gasteiger charge is -2.19. The molecule has 0 aromatic heterocycles. The van der Waals surface area contributed by atoms with Crippen molar-refractivity contribution in [3.63, 3.8) is 0 Å². The van der Waals surface area contributed by atoms with E-state index in [1.165, 1.54) is 24.3 Å². The molecule has 1 unspecified atom stereocenters. The van der Waals surface area contributed by atoms with Crippen LogP contribution in [0, 0.1) is 0 Å². The van der Waals surface area contributed by atoms with Gasteiger partial charge < -0.3 is 0 Å². The molecule has 3 aromatic rings. The fourth-order valence-electron chi connectivity index (χ4n) is 3.01. The Morgan fingerprint density at radius 1 is 0.821 bits per heavy atom. The maximum atomic E-state index is 11.9. The zero-order valence-corrected chi connectivity index (χ0v) is 16.5. The highest BCUT2D eigenvalue weighted by Crippen LogP contribution is 2.31. The van der Waals surface area contributed by atoms with E-state index in [-0.39, 0.29) is 16.5 Å². The molecule has 0 aliphatic carbocycles. The maximum Gasteiger partial charge on any atom is 0.295 e. The third-order valence-electron chi connectivity index (χ3n) is 4.24. The number of hydrogen-bond acceptors (Lipinski definition) is 5. The fraction of sp³-hybridized carbons (Fsp3) is 0.111. The Hall–Kier alpha value is -2.50. The van der Waals surface area contributed by atoms with E-state index in [4.69, 9.17) is 0 Å². The van der Waals surface area contributed by atoms with Crippen LogP contribution in [0.25, 0.3) is 10.8 Å². The summed E-state index contributed by atoms with van der Waals surface area (Å²) in [6.07, 6.45) is 0. The monoisotopic (exact) mass is 423 g/mol. The topological polar surface area (TPSA) is 125 Å². The number of anilines is 1. The highest BCUT2D eigenvalue weighted by molar-refractivity contribution is 7.86. The van der Waals surface area contributed by atoms with Crippen molar-refractivity contribution in [3.8, 4) is 0 Å². The average molecular weight is 423 g/mol. The second-order valence-electron chi connectivity index (χ2n) is 6.10. The minimum absolute atomic E-state index is 0.0130. The predicted octanol–water partition coefficient (Wildman–Crippen LogP) is 1.90. The van der Waals surface area contributed by atoms with Crippen LogP contribution in [0.15, 0.2) is 70.5 Å². The predicted molar refractivity (Wildman–Crippen MR) is 105 cm³/mol. The number of fused-ring (bicyclic) bond motifs is 1. The molecule has 0 amide bonds. The first-order chi connectivity index (χ1) is 13.1. The normalized spacial score (nSPS) is 13.4. The second kappa shape index (κ2) is 7.49. The van der Waals surface area contributed by atoms with Gasteiger partial charge in [0.15, 0.2) is 5.69 Å². The first-order valence-corrected chi connectivity index (χ1v) is 11.2. The Bertz CT molecular complexity index is 1230. The number of nitrogens with one attached hydrogen (secondary N) is 2. The van der Waals surface area contributed by atoms with Gasteiger partial charge in [-0.2, -0.15) is 16.8 Å². The van der Waals surface area contributed by atoms with E-state index < -0.39 is 30.0 Å². The summed E-state index contributed by atoms with van der Waals surface area (Å²) in [5.74, 6) is 0. The Kier molecular flexibility index (Phi) is 5.41. The van der Waals surface area contributed by atoms with Gasteiger partial charge in [0, 0.05) is 22.9 Å². The van der Waals surface area contributed by atoms with Crippen molar-refractivity contribution in [2.75, 3.05) is 12.0 Å². The van der Waals surface area contributed by atoms with Crippen molar-refractivity contribution in [2.45, 2.75) is 16.7 Å². The second-order valence-corrected chi connectivity index (χ2v) is 8.88. The van der Waals surface area contributed by atoms with Crippen molar-refractivity contribution in [2.24, 2.45) is 0 Å². The lowest BCUT2D eigenvalue weighted by Crippen LogP contribution is -3.10. The minimum atomic E-state index is -4.65. The van der Waals surface area contributed by atoms with Gasteiger partial charge in [0.1, 0.15) is 16.3 Å². The molecular formula is C18H19N2O6S2+. The van der Waals surface area contributed by atoms with Crippen molar-refractivity contribution in [1.29, 1.82) is 0 Å². The number of rotatable bonds is 6. The van der Waals surface area contributed by atoms with Gasteiger partial charge in [-0.25, -0.2) is 10.4 Å². The Morgan fingerprint density at radius 2 is 1.46 bits per heavy atom. The van der Waals surface area contributed by atoms with Crippen LogP contribution in [0.1, 0.15) is 6.92 Å². The summed E-state index contributed by atoms with van der Waals surface area (Å²) in [5.41, 5.74) is 4.23. The van der Waals surface area contributed by atoms with Gasteiger partial charge >= 0.3 is 0 Å². The Balaban J connectivity index is 2.23. The van der Waals surface area contributed by atoms with E-state index in [0.29, 0.717) is 6.54 Å². The van der Waals surface area contributed by atoms with Crippen LogP contribution in [0.3, 0.4) is 0 Å². The van der Waals surface area contributed by atoms with Crippen molar-refractivity contribution in [3.05, 3.63) is 60.7 Å². The zero-order chi connectivity index (χ0) is 20.5. The first kappa shape index (κ1) is 20.2. The third-order valence-corrected chi connectivity index (χ3v) is 6.05. The molecule has 0 radical (unpaired) electrons. The number of hydrogen-bond donors (Lipinski definition) is 4. The first-order valence-electron chi connectivity index (χ1n) is 8.31. The molecule has 10 heteroatoms. The SMILES string of the molecule is CC[NH+](Nc1cc(S(=O)(=O)O)c2cccc(S(=O)(=O)O)c2c1)c1ccccc1. The summed E-state index contributed by atoms with van der Waals surface area (Å²) < 4.78 is 66.4. The van der Waals surface area contributed by atoms with Crippen LogP contribution in [-0.4, -0.2) is 32.5 Å². The molecule has 0 fully saturated rings. The van der Waals surface area contributed by atoms with E-state index in [2.05, 4.69) is 5.43 Å². The van der Waals surface area contributed by atoms with Crippen molar-refractivity contribution >= 4 is 42.4 Å². The number of quaternary nitrogens is 1. The summed E-state index contributed by atoms with van der Waals surface area (Å²) in [4.78, 5) is -0.905. The van der Waals surface area contributed by atoms with Crippen LogP contribution >= 0.6 is 0 Å². The van der Waals surface area contributed by atoms with Crippen LogP contribution in [0.4, 0.5) is 11.4 Å². The summed E-state index contributed by atoms with van der Waals surface area (Å²) >= 11 is 0. The number of benzene rings is 3. The summed E-state index contributed by atoms with van der Waals surface area (Å²) in [5, 5.41) is 0.734. The standard InChI is InChI=1S/C18H18N2O6S2/c1-2-20(14-7-4-3-5-8-14)19-13-11-16-15(18(12-13)28(24,25)26)9-6-10-17(16)27(21,22)23/h3-12,19H,2H2,1H3,(H,21,22,23)(H,24,25,26)/p+1. The van der Waals surface area contributed by atoms with Gasteiger partial charge in [-0.15, -0.1) is 0 Å². The van der Waals surface area contributed by atoms with Gasteiger partial charge in [0.2, 0.25) is 0 Å². The molecule has 0 saturated carbocycles. The van der Waals surface area contributed by atoms with Gasteiger partial charge in [0.05, 0.1) is 5.69 Å². The van der Waals surface area contributed by atoms with Gasteiger partial charge in [-0.3, -0.25) is 9.11 Å². The lowest BCUT2D eigenvalue weighted by atomic mass is 10.1. The highest BCUT2D eigenvalue weighted by Gasteiger charge is 2.22. The van der Waals surface area contributed by atoms with Gasteiger partial charge in [-0.05, 0) is 25.1 Å². The van der Waals surface area contributed by atoms with Crippen molar-refractivity contribution in [1.82, 2.24) is 0 Å². The van der Waals surface area contributed by atoms with E-state index >= 15 is 0 Å². The maximum absolute atomic E-state index is 11.9. The highest BCUT2D eigenvalue weighted by atomic mass is 32.2. The van der Waals surface area contributed by atoms with Crippen LogP contribution in [0.5, 0.6) is 0 Å². The van der Waals surface area contributed by atoms with Crippen LogP contribution in [-0.2, 0) is 20.2 Å². The Labute approximate surface area is 162 Å². The molecule has 0 bridgehead atoms. The van der Waals surface area contributed by atoms with E-state index in [9.17, 15) is 25.9 Å². The quantitative estimate of drug-likeness (QED) is 0.352. The molecule has 0 aliphatic heterocycles. The summed E-state index contributed by atoms with van der Waals surface area (Å²) in [7, 11) is -9.25. The fourth-order valence-corrected chi connectivity index (χ4v) is 4.44. The lowest BCUT2D eigenvalue weighted by molar-refractivity contribution is -0.806. The summed E-state index contributed by atoms with van der Waals surface area (Å²) in [6, 6.07) is 15.8. The summed E-state index contributed by atoms with van der Waals surface area (Å²) in [6.45, 7) is 2.49. The minimum Gasteiger partial charge on any atom is -0.282 e. The van der Waals surface area contributed by atoms with Gasteiger partial charge in [-0.1, -0.05) is 30.3 Å². The molecule has 28 heavy (non-hydrogen) atoms. The molecule has 4 N–H and O–H groups in total. The largest absolute Gasteiger partial charge is 0.295 e. The molecule has 0 spiro atoms.